The average Bonchev–Trinajstić information content (AvgIpc) is 3.16. The lowest BCUT2D eigenvalue weighted by Crippen LogP contribution is -2.60. The van der Waals surface area contributed by atoms with Crippen LogP contribution in [-0.2, 0) is 25.8 Å². The molecule has 4 rings (SSSR count). The number of halogens is 1. The first kappa shape index (κ1) is 29.5. The molecule has 11 heteroatoms. The highest BCUT2D eigenvalue weighted by molar-refractivity contribution is 7.90. The molecule has 1 spiro atoms. The number of sulfone groups is 1. The first-order valence-corrected chi connectivity index (χ1v) is 15.4. The summed E-state index contributed by atoms with van der Waals surface area (Å²) in [6.45, 7) is 6.51. The molecule has 2 aliphatic heterocycles. The first-order chi connectivity index (χ1) is 18.8. The van der Waals surface area contributed by atoms with Crippen molar-refractivity contribution in [2.75, 3.05) is 38.0 Å². The zero-order chi connectivity index (χ0) is 29.4. The Morgan fingerprint density at radius 2 is 1.70 bits per heavy atom. The second-order valence-corrected chi connectivity index (χ2v) is 13.1. The van der Waals surface area contributed by atoms with Crippen LogP contribution >= 0.6 is 0 Å². The lowest BCUT2D eigenvalue weighted by Gasteiger charge is -2.44. The van der Waals surface area contributed by atoms with Crippen molar-refractivity contribution < 1.29 is 27.2 Å². The summed E-state index contributed by atoms with van der Waals surface area (Å²) in [7, 11) is -1.63. The summed E-state index contributed by atoms with van der Waals surface area (Å²) in [5.74, 6) is -1.84. The van der Waals surface area contributed by atoms with Crippen LogP contribution in [0, 0.1) is 11.7 Å². The predicted molar refractivity (Wildman–Crippen MR) is 150 cm³/mol. The molecule has 2 aliphatic rings. The monoisotopic (exact) mass is 572 g/mol. The van der Waals surface area contributed by atoms with Gasteiger partial charge in [0.25, 0.3) is 5.91 Å². The Bertz CT molecular complexity index is 1400. The van der Waals surface area contributed by atoms with Gasteiger partial charge in [-0.25, -0.2) is 12.8 Å². The van der Waals surface area contributed by atoms with E-state index in [0.717, 1.165) is 17.5 Å². The van der Waals surface area contributed by atoms with Gasteiger partial charge in [-0.15, -0.1) is 0 Å². The number of carbonyl (C=O) groups is 3. The van der Waals surface area contributed by atoms with Crippen LogP contribution in [0.15, 0.2) is 47.4 Å². The predicted octanol–water partition coefficient (Wildman–Crippen LogP) is 2.84. The standard InChI is InChI=1S/C29H37FN4O5S/c1-6-20-7-12-24(30)23(17-20)26(35)31-25(19(2)3)27(36)33-15-13-29(14-16-33)28(37)32(4)18-34(29)21-8-10-22(11-9-21)40(5,38)39/h7-12,17,19,25H,6,13-16,18H2,1-5H3,(H,31,35). The van der Waals surface area contributed by atoms with E-state index in [-0.39, 0.29) is 28.2 Å². The fraction of sp³-hybridized carbons (Fsp3) is 0.483. The van der Waals surface area contributed by atoms with Crippen molar-refractivity contribution in [1.82, 2.24) is 15.1 Å². The minimum Gasteiger partial charge on any atom is -0.341 e. The number of nitrogens with zero attached hydrogens (tertiary/aromatic N) is 3. The number of aryl methyl sites for hydroxylation is 1. The number of benzene rings is 2. The SMILES string of the molecule is CCc1ccc(F)c(C(=O)NC(C(=O)N2CCC3(CC2)C(=O)N(C)CN3c2ccc(S(C)(=O)=O)cc2)C(C)C)c1. The molecule has 0 saturated carbocycles. The van der Waals surface area contributed by atoms with Crippen molar-refractivity contribution in [2.24, 2.45) is 5.92 Å². The molecule has 0 aliphatic carbocycles. The van der Waals surface area contributed by atoms with E-state index in [2.05, 4.69) is 5.32 Å². The summed E-state index contributed by atoms with van der Waals surface area (Å²) in [5.41, 5.74) is 0.599. The highest BCUT2D eigenvalue weighted by Crippen LogP contribution is 2.39. The van der Waals surface area contributed by atoms with Crippen LogP contribution in [0.5, 0.6) is 0 Å². The van der Waals surface area contributed by atoms with E-state index in [9.17, 15) is 27.2 Å². The number of hydrogen-bond donors (Lipinski definition) is 1. The van der Waals surface area contributed by atoms with Crippen molar-refractivity contribution in [3.05, 3.63) is 59.4 Å². The molecule has 1 unspecified atom stereocenters. The Morgan fingerprint density at radius 3 is 2.25 bits per heavy atom. The zero-order valence-electron chi connectivity index (χ0n) is 23.6. The molecule has 2 aromatic carbocycles. The third kappa shape index (κ3) is 5.56. The third-order valence-electron chi connectivity index (χ3n) is 8.00. The molecule has 3 amide bonds. The average molecular weight is 573 g/mol. The maximum absolute atomic E-state index is 14.4. The molecule has 1 N–H and O–H groups in total. The van der Waals surface area contributed by atoms with Crippen LogP contribution < -0.4 is 10.2 Å². The van der Waals surface area contributed by atoms with Gasteiger partial charge in [0.1, 0.15) is 17.4 Å². The summed E-state index contributed by atoms with van der Waals surface area (Å²) >= 11 is 0. The number of rotatable bonds is 7. The van der Waals surface area contributed by atoms with E-state index >= 15 is 0 Å². The second-order valence-electron chi connectivity index (χ2n) is 11.1. The van der Waals surface area contributed by atoms with Crippen molar-refractivity contribution >= 4 is 33.2 Å². The fourth-order valence-electron chi connectivity index (χ4n) is 5.56. The summed E-state index contributed by atoms with van der Waals surface area (Å²) in [6, 6.07) is 10.0. The molecule has 2 saturated heterocycles. The van der Waals surface area contributed by atoms with E-state index in [1.165, 1.54) is 24.3 Å². The first-order valence-electron chi connectivity index (χ1n) is 13.5. The molecule has 2 heterocycles. The summed E-state index contributed by atoms with van der Waals surface area (Å²) in [4.78, 5) is 45.5. The highest BCUT2D eigenvalue weighted by Gasteiger charge is 2.53. The summed E-state index contributed by atoms with van der Waals surface area (Å²) in [5, 5.41) is 2.75. The van der Waals surface area contributed by atoms with Gasteiger partial charge >= 0.3 is 0 Å². The zero-order valence-corrected chi connectivity index (χ0v) is 24.4. The van der Waals surface area contributed by atoms with Gasteiger partial charge in [0.15, 0.2) is 9.84 Å². The van der Waals surface area contributed by atoms with E-state index in [4.69, 9.17) is 0 Å². The van der Waals surface area contributed by atoms with Crippen LogP contribution in [0.1, 0.15) is 49.5 Å². The van der Waals surface area contributed by atoms with E-state index in [1.807, 2.05) is 25.7 Å². The Morgan fingerprint density at radius 1 is 1.07 bits per heavy atom. The van der Waals surface area contributed by atoms with Gasteiger partial charge in [-0.1, -0.05) is 26.8 Å². The van der Waals surface area contributed by atoms with Gasteiger partial charge in [-0.2, -0.15) is 0 Å². The van der Waals surface area contributed by atoms with Crippen LogP contribution in [0.4, 0.5) is 10.1 Å². The van der Waals surface area contributed by atoms with Crippen LogP contribution in [0.2, 0.25) is 0 Å². The van der Waals surface area contributed by atoms with Crippen molar-refractivity contribution in [3.63, 3.8) is 0 Å². The van der Waals surface area contributed by atoms with E-state index in [1.54, 1.807) is 35.0 Å². The topological polar surface area (TPSA) is 107 Å². The molecule has 40 heavy (non-hydrogen) atoms. The smallest absolute Gasteiger partial charge is 0.254 e. The number of carbonyl (C=O) groups excluding carboxylic acids is 3. The lowest BCUT2D eigenvalue weighted by atomic mass is 9.85. The molecule has 216 valence electrons. The number of piperidine rings is 1. The Balaban J connectivity index is 1.51. The number of amides is 3. The summed E-state index contributed by atoms with van der Waals surface area (Å²) < 4.78 is 38.2. The van der Waals surface area contributed by atoms with Gasteiger partial charge in [-0.05, 0) is 67.1 Å². The largest absolute Gasteiger partial charge is 0.341 e. The maximum Gasteiger partial charge on any atom is 0.254 e. The van der Waals surface area contributed by atoms with Gasteiger partial charge < -0.3 is 20.0 Å². The normalized spacial score (nSPS) is 18.0. The van der Waals surface area contributed by atoms with Crippen LogP contribution in [0.3, 0.4) is 0 Å². The van der Waals surface area contributed by atoms with Crippen molar-refractivity contribution in [3.8, 4) is 0 Å². The van der Waals surface area contributed by atoms with Gasteiger partial charge in [0.05, 0.1) is 17.1 Å². The molecule has 0 aromatic heterocycles. The molecule has 1 atom stereocenters. The van der Waals surface area contributed by atoms with Gasteiger partial charge in [0.2, 0.25) is 11.8 Å². The second kappa shape index (κ2) is 11.2. The third-order valence-corrected chi connectivity index (χ3v) is 9.13. The Labute approximate surface area is 235 Å². The number of nitrogens with one attached hydrogen (secondary N) is 1. The maximum atomic E-state index is 14.4. The minimum absolute atomic E-state index is 0.0493. The van der Waals surface area contributed by atoms with Crippen LogP contribution in [0.25, 0.3) is 0 Å². The number of likely N-dealkylation sites (N-methyl/N-ethyl adjacent to an activating group) is 1. The van der Waals surface area contributed by atoms with Gasteiger partial charge in [-0.3, -0.25) is 14.4 Å². The van der Waals surface area contributed by atoms with E-state index in [0.29, 0.717) is 39.0 Å². The highest BCUT2D eigenvalue weighted by atomic mass is 32.2. The number of hydrogen-bond acceptors (Lipinski definition) is 6. The lowest BCUT2D eigenvalue weighted by molar-refractivity contribution is -0.139. The van der Waals surface area contributed by atoms with Crippen molar-refractivity contribution in [1.29, 1.82) is 0 Å². The molecular weight excluding hydrogens is 535 g/mol. The molecule has 2 fully saturated rings. The quantitative estimate of drug-likeness (QED) is 0.547. The minimum atomic E-state index is -3.35. The van der Waals surface area contributed by atoms with Crippen molar-refractivity contribution in [2.45, 2.75) is 56.5 Å². The molecular formula is C29H37FN4O5S. The van der Waals surface area contributed by atoms with Gasteiger partial charge in [0, 0.05) is 32.1 Å². The fourth-order valence-corrected chi connectivity index (χ4v) is 6.19. The molecule has 2 aromatic rings. The Hall–Kier alpha value is -3.47. The molecule has 0 bridgehead atoms. The number of likely N-dealkylation sites (tertiary alicyclic amines) is 1. The molecule has 0 radical (unpaired) electrons. The molecule has 9 nitrogen and oxygen atoms in total. The summed E-state index contributed by atoms with van der Waals surface area (Å²) in [6.07, 6.45) is 2.55. The van der Waals surface area contributed by atoms with E-state index < -0.39 is 33.1 Å². The number of anilines is 1. The van der Waals surface area contributed by atoms with Crippen LogP contribution in [-0.4, -0.2) is 80.6 Å². The Kier molecular flexibility index (Phi) is 8.26.